The molecule has 0 spiro atoms. The monoisotopic (exact) mass is 294 g/mol. The smallest absolute Gasteiger partial charge is 0.257 e. The van der Waals surface area contributed by atoms with Crippen LogP contribution in [-0.4, -0.2) is 5.91 Å². The Bertz CT molecular complexity index is 514. The van der Waals surface area contributed by atoms with Crippen LogP contribution in [0.1, 0.15) is 34.1 Å². The molecule has 0 fully saturated rings. The number of allylic oxidation sites excluding steroid dienone is 4. The molecule has 5 heteroatoms. The predicted molar refractivity (Wildman–Crippen MR) is 77.9 cm³/mol. The van der Waals surface area contributed by atoms with Crippen LogP contribution < -0.4 is 0 Å². The second-order valence-electron chi connectivity index (χ2n) is 5.74. The summed E-state index contributed by atoms with van der Waals surface area (Å²) in [6.45, 7) is 7.74. The molecule has 2 atom stereocenters. The Labute approximate surface area is 124 Å². The van der Waals surface area contributed by atoms with E-state index in [0.29, 0.717) is 0 Å². The molecule has 0 radical (unpaired) electrons. The quantitative estimate of drug-likeness (QED) is 0.791. The first-order chi connectivity index (χ1) is 9.33. The van der Waals surface area contributed by atoms with Crippen molar-refractivity contribution in [2.75, 3.05) is 0 Å². The maximum absolute atomic E-state index is 14.4. The van der Waals surface area contributed by atoms with Crippen molar-refractivity contribution >= 4 is 18.3 Å². The fraction of sp³-hybridized carbons (Fsp3) is 0.600. The molecule has 1 aliphatic rings. The lowest BCUT2D eigenvalue weighted by Crippen LogP contribution is -2.30. The second-order valence-corrected chi connectivity index (χ2v) is 5.92. The van der Waals surface area contributed by atoms with Gasteiger partial charge in [0.1, 0.15) is 11.9 Å². The molecule has 1 amide bonds. The zero-order chi connectivity index (χ0) is 15.4. The minimum Gasteiger partial charge on any atom is -0.272 e. The van der Waals surface area contributed by atoms with E-state index in [2.05, 4.69) is 16.8 Å². The fourth-order valence-corrected chi connectivity index (χ4v) is 2.89. The van der Waals surface area contributed by atoms with Gasteiger partial charge in [-0.2, -0.15) is 5.26 Å². The van der Waals surface area contributed by atoms with E-state index >= 15 is 0 Å². The molecular weight excluding hydrogens is 275 g/mol. The first-order valence-corrected chi connectivity index (χ1v) is 7.07. The Kier molecular flexibility index (Phi) is 5.70. The SMILES string of the molecule is CC(C)C1=CC(C#N)=C(F)C(C(C)C)C1CC(=O)N=S. The molecule has 0 aromatic heterocycles. The highest BCUT2D eigenvalue weighted by molar-refractivity contribution is 7.47. The first-order valence-electron chi connectivity index (χ1n) is 6.70. The molecule has 0 saturated carbocycles. The van der Waals surface area contributed by atoms with Crippen LogP contribution >= 0.6 is 0 Å². The van der Waals surface area contributed by atoms with Crippen molar-refractivity contribution in [3.05, 3.63) is 23.0 Å². The number of carbonyl (C=O) groups excluding carboxylic acids is 1. The van der Waals surface area contributed by atoms with Gasteiger partial charge >= 0.3 is 0 Å². The highest BCUT2D eigenvalue weighted by Crippen LogP contribution is 2.44. The summed E-state index contributed by atoms with van der Waals surface area (Å²) >= 11 is 4.43. The molecule has 0 N–H and O–H groups in total. The number of hydrogen-bond donors (Lipinski definition) is 0. The Balaban J connectivity index is 3.33. The zero-order valence-electron chi connectivity index (χ0n) is 12.2. The summed E-state index contributed by atoms with van der Waals surface area (Å²) in [4.78, 5) is 11.6. The lowest BCUT2D eigenvalue weighted by Gasteiger charge is -2.35. The summed E-state index contributed by atoms with van der Waals surface area (Å²) in [5.74, 6) is -1.44. The van der Waals surface area contributed by atoms with Gasteiger partial charge in [-0.25, -0.2) is 4.39 Å². The second kappa shape index (κ2) is 6.85. The van der Waals surface area contributed by atoms with Gasteiger partial charge in [0.25, 0.3) is 5.91 Å². The van der Waals surface area contributed by atoms with Crippen LogP contribution in [0.25, 0.3) is 0 Å². The summed E-state index contributed by atoms with van der Waals surface area (Å²) in [5, 5.41) is 9.08. The Morgan fingerprint density at radius 1 is 1.50 bits per heavy atom. The van der Waals surface area contributed by atoms with E-state index in [4.69, 9.17) is 5.26 Å². The van der Waals surface area contributed by atoms with Gasteiger partial charge < -0.3 is 0 Å². The lowest BCUT2D eigenvalue weighted by molar-refractivity contribution is -0.118. The number of rotatable bonds is 4. The zero-order valence-corrected chi connectivity index (χ0v) is 13.0. The molecule has 1 aliphatic carbocycles. The van der Waals surface area contributed by atoms with Gasteiger partial charge in [-0.15, -0.1) is 4.36 Å². The average Bonchev–Trinajstić information content (AvgIpc) is 2.37. The molecule has 2 unspecified atom stereocenters. The summed E-state index contributed by atoms with van der Waals surface area (Å²) in [7, 11) is 0. The number of amides is 1. The minimum absolute atomic E-state index is 0.0104. The summed E-state index contributed by atoms with van der Waals surface area (Å²) in [6, 6.07) is 1.91. The number of nitriles is 1. The summed E-state index contributed by atoms with van der Waals surface area (Å²) in [6.07, 6.45) is 1.68. The van der Waals surface area contributed by atoms with Gasteiger partial charge in [0.15, 0.2) is 0 Å². The largest absolute Gasteiger partial charge is 0.272 e. The highest BCUT2D eigenvalue weighted by Gasteiger charge is 2.38. The van der Waals surface area contributed by atoms with E-state index in [9.17, 15) is 9.18 Å². The van der Waals surface area contributed by atoms with E-state index in [1.54, 1.807) is 6.08 Å². The average molecular weight is 294 g/mol. The normalized spacial score (nSPS) is 22.8. The van der Waals surface area contributed by atoms with Crippen molar-refractivity contribution in [1.82, 2.24) is 0 Å². The Hall–Kier alpha value is -1.41. The number of nitrogens with zero attached hydrogens (tertiary/aromatic N) is 2. The van der Waals surface area contributed by atoms with Crippen molar-refractivity contribution in [2.45, 2.75) is 34.1 Å². The number of halogens is 1. The maximum Gasteiger partial charge on any atom is 0.257 e. The third-order valence-corrected chi connectivity index (χ3v) is 3.93. The molecule has 0 bridgehead atoms. The fourth-order valence-electron chi connectivity index (χ4n) is 2.81. The lowest BCUT2D eigenvalue weighted by atomic mass is 9.69. The van der Waals surface area contributed by atoms with Gasteiger partial charge in [-0.1, -0.05) is 33.3 Å². The Morgan fingerprint density at radius 2 is 2.10 bits per heavy atom. The Morgan fingerprint density at radius 3 is 2.50 bits per heavy atom. The topological polar surface area (TPSA) is 53.2 Å². The number of carbonyl (C=O) groups is 1. The third kappa shape index (κ3) is 3.37. The standard InChI is InChI=1S/C15H19FN2OS/c1-8(2)11-5-10(7-17)15(16)14(9(3)4)12(11)6-13(19)18-20/h5,8-9,12,14H,6H2,1-4H3. The molecule has 20 heavy (non-hydrogen) atoms. The van der Waals surface area contributed by atoms with Crippen LogP contribution in [0.4, 0.5) is 4.39 Å². The third-order valence-electron chi connectivity index (χ3n) is 3.72. The molecule has 108 valence electrons. The van der Waals surface area contributed by atoms with E-state index in [-0.39, 0.29) is 29.7 Å². The van der Waals surface area contributed by atoms with E-state index in [1.165, 1.54) is 0 Å². The van der Waals surface area contributed by atoms with Crippen molar-refractivity contribution in [1.29, 1.82) is 5.26 Å². The molecular formula is C15H19FN2OS. The van der Waals surface area contributed by atoms with Crippen LogP contribution in [0.2, 0.25) is 0 Å². The van der Waals surface area contributed by atoms with E-state index in [0.717, 1.165) is 5.57 Å². The maximum atomic E-state index is 14.4. The summed E-state index contributed by atoms with van der Waals surface area (Å²) < 4.78 is 17.7. The van der Waals surface area contributed by atoms with E-state index in [1.807, 2.05) is 33.8 Å². The van der Waals surface area contributed by atoms with Crippen LogP contribution in [-0.2, 0) is 17.2 Å². The molecule has 0 heterocycles. The van der Waals surface area contributed by atoms with Crippen LogP contribution in [0.3, 0.4) is 0 Å². The van der Waals surface area contributed by atoms with E-state index < -0.39 is 17.7 Å². The van der Waals surface area contributed by atoms with Gasteiger partial charge in [-0.3, -0.25) is 4.79 Å². The van der Waals surface area contributed by atoms with Gasteiger partial charge in [0.05, 0.1) is 5.57 Å². The predicted octanol–water partition coefficient (Wildman–Crippen LogP) is 3.87. The molecule has 1 rings (SSSR count). The van der Waals surface area contributed by atoms with Gasteiger partial charge in [0, 0.05) is 24.8 Å². The number of hydrogen-bond acceptors (Lipinski definition) is 3. The molecule has 0 aliphatic heterocycles. The van der Waals surface area contributed by atoms with Crippen LogP contribution in [0.15, 0.2) is 27.4 Å². The highest BCUT2D eigenvalue weighted by atomic mass is 32.1. The van der Waals surface area contributed by atoms with Crippen molar-refractivity contribution in [3.63, 3.8) is 0 Å². The van der Waals surface area contributed by atoms with Crippen molar-refractivity contribution in [3.8, 4) is 6.07 Å². The molecule has 0 aromatic carbocycles. The van der Waals surface area contributed by atoms with Crippen LogP contribution in [0, 0.1) is 35.0 Å². The van der Waals surface area contributed by atoms with Gasteiger partial charge in [0.2, 0.25) is 0 Å². The molecule has 3 nitrogen and oxygen atoms in total. The molecule has 0 aromatic rings. The van der Waals surface area contributed by atoms with Gasteiger partial charge in [-0.05, 0) is 23.8 Å². The molecule has 0 saturated heterocycles. The first kappa shape index (κ1) is 16.6. The minimum atomic E-state index is -0.465. The van der Waals surface area contributed by atoms with Crippen molar-refractivity contribution in [2.24, 2.45) is 28.0 Å². The van der Waals surface area contributed by atoms with Crippen LogP contribution in [0.5, 0.6) is 0 Å². The van der Waals surface area contributed by atoms with Crippen molar-refractivity contribution < 1.29 is 9.18 Å². The summed E-state index contributed by atoms with van der Waals surface area (Å²) in [5.41, 5.74) is 1.00.